The van der Waals surface area contributed by atoms with E-state index in [0.717, 1.165) is 23.7 Å². The second-order valence-electron chi connectivity index (χ2n) is 7.58. The zero-order valence-electron chi connectivity index (χ0n) is 14.3. The van der Waals surface area contributed by atoms with E-state index in [0.29, 0.717) is 0 Å². The molecule has 0 saturated carbocycles. The minimum absolute atomic E-state index is 0.738. The Morgan fingerprint density at radius 2 is 1.80 bits per heavy atom. The zero-order chi connectivity index (χ0) is 14.9. The van der Waals surface area contributed by atoms with Gasteiger partial charge in [-0.15, -0.1) is 0 Å². The lowest BCUT2D eigenvalue weighted by Crippen LogP contribution is -2.23. The molecule has 0 nitrogen and oxygen atoms in total. The van der Waals surface area contributed by atoms with Crippen molar-refractivity contribution in [3.8, 4) is 0 Å². The first-order valence-electron chi connectivity index (χ1n) is 8.54. The van der Waals surface area contributed by atoms with Gasteiger partial charge in [0, 0.05) is 5.92 Å². The van der Waals surface area contributed by atoms with Crippen LogP contribution in [0.15, 0.2) is 34.4 Å². The van der Waals surface area contributed by atoms with Crippen LogP contribution in [0, 0.1) is 23.7 Å². The van der Waals surface area contributed by atoms with Crippen LogP contribution in [0.2, 0.25) is 0 Å². The zero-order valence-corrected chi connectivity index (χ0v) is 14.3. The molecule has 0 saturated heterocycles. The van der Waals surface area contributed by atoms with Gasteiger partial charge in [0.25, 0.3) is 0 Å². The summed E-state index contributed by atoms with van der Waals surface area (Å²) in [6, 6.07) is 0. The molecule has 0 aromatic heterocycles. The summed E-state index contributed by atoms with van der Waals surface area (Å²) in [6.07, 6.45) is 10.1. The van der Waals surface area contributed by atoms with Crippen molar-refractivity contribution in [3.05, 3.63) is 34.4 Å². The first-order valence-corrected chi connectivity index (χ1v) is 8.54. The van der Waals surface area contributed by atoms with Crippen molar-refractivity contribution in [1.82, 2.24) is 0 Å². The lowest BCUT2D eigenvalue weighted by molar-refractivity contribution is 0.295. The highest BCUT2D eigenvalue weighted by atomic mass is 14.4. The molecule has 2 unspecified atom stereocenters. The van der Waals surface area contributed by atoms with Gasteiger partial charge in [-0.25, -0.2) is 0 Å². The summed E-state index contributed by atoms with van der Waals surface area (Å²) in [4.78, 5) is 0. The average Bonchev–Trinajstić information content (AvgIpc) is 2.66. The Bertz CT molecular complexity index is 443. The van der Waals surface area contributed by atoms with Crippen LogP contribution in [0.4, 0.5) is 0 Å². The minimum atomic E-state index is 0.738. The van der Waals surface area contributed by atoms with Crippen molar-refractivity contribution in [3.63, 3.8) is 0 Å². The van der Waals surface area contributed by atoms with Gasteiger partial charge in [0.15, 0.2) is 0 Å². The quantitative estimate of drug-likeness (QED) is 0.550. The number of allylic oxidation sites excluding steroid dienone is 6. The first kappa shape index (κ1) is 15.6. The molecule has 2 rings (SSSR count). The van der Waals surface area contributed by atoms with Crippen LogP contribution in [0.5, 0.6) is 0 Å². The number of rotatable bonds is 5. The SMILES string of the molecule is CCC(C(C)C)C1C(CC(C)C)=CC2=C1CCC(C)=C2. The fraction of sp³-hybridized carbons (Fsp3) is 0.700. The largest absolute Gasteiger partial charge is 0.0724 e. The summed E-state index contributed by atoms with van der Waals surface area (Å²) >= 11 is 0. The van der Waals surface area contributed by atoms with Crippen molar-refractivity contribution in [2.45, 2.75) is 67.2 Å². The molecule has 0 N–H and O–H groups in total. The molecule has 0 aromatic rings. The predicted molar refractivity (Wildman–Crippen MR) is 89.7 cm³/mol. The Morgan fingerprint density at radius 3 is 2.35 bits per heavy atom. The number of hydrogen-bond donors (Lipinski definition) is 0. The normalized spacial score (nSPS) is 24.1. The van der Waals surface area contributed by atoms with Gasteiger partial charge in [0.05, 0.1) is 0 Å². The minimum Gasteiger partial charge on any atom is -0.0724 e. The highest BCUT2D eigenvalue weighted by molar-refractivity contribution is 5.51. The Morgan fingerprint density at radius 1 is 1.10 bits per heavy atom. The maximum absolute atomic E-state index is 2.54. The van der Waals surface area contributed by atoms with Crippen molar-refractivity contribution >= 4 is 0 Å². The molecule has 0 bridgehead atoms. The van der Waals surface area contributed by atoms with E-state index >= 15 is 0 Å². The summed E-state index contributed by atoms with van der Waals surface area (Å²) in [5.74, 6) is 3.10. The van der Waals surface area contributed by atoms with E-state index in [4.69, 9.17) is 0 Å². The summed E-state index contributed by atoms with van der Waals surface area (Å²) in [6.45, 7) is 14.2. The van der Waals surface area contributed by atoms with Crippen molar-refractivity contribution in [2.75, 3.05) is 0 Å². The van der Waals surface area contributed by atoms with Crippen LogP contribution in [0.25, 0.3) is 0 Å². The molecule has 112 valence electrons. The molecule has 0 aromatic carbocycles. The van der Waals surface area contributed by atoms with Gasteiger partial charge < -0.3 is 0 Å². The maximum Gasteiger partial charge on any atom is 0.00501 e. The maximum atomic E-state index is 2.54. The summed E-state index contributed by atoms with van der Waals surface area (Å²) in [5.41, 5.74) is 6.60. The van der Waals surface area contributed by atoms with E-state index < -0.39 is 0 Å². The van der Waals surface area contributed by atoms with Gasteiger partial charge >= 0.3 is 0 Å². The van der Waals surface area contributed by atoms with Crippen LogP contribution < -0.4 is 0 Å². The summed E-state index contributed by atoms with van der Waals surface area (Å²) < 4.78 is 0. The van der Waals surface area contributed by atoms with Gasteiger partial charge in [0.2, 0.25) is 0 Å². The van der Waals surface area contributed by atoms with E-state index in [1.807, 2.05) is 0 Å². The highest BCUT2D eigenvalue weighted by Crippen LogP contribution is 2.47. The van der Waals surface area contributed by atoms with Crippen molar-refractivity contribution in [2.24, 2.45) is 23.7 Å². The van der Waals surface area contributed by atoms with E-state index in [1.54, 1.807) is 22.3 Å². The average molecular weight is 272 g/mol. The Kier molecular flexibility index (Phi) is 4.94. The Hall–Kier alpha value is -0.780. The van der Waals surface area contributed by atoms with E-state index in [2.05, 4.69) is 53.7 Å². The fourth-order valence-corrected chi connectivity index (χ4v) is 4.17. The molecule has 0 spiro atoms. The third-order valence-corrected chi connectivity index (χ3v) is 5.08. The second kappa shape index (κ2) is 6.33. The van der Waals surface area contributed by atoms with Gasteiger partial charge in [-0.3, -0.25) is 0 Å². The molecule has 20 heavy (non-hydrogen) atoms. The molecule has 2 aliphatic carbocycles. The first-order chi connectivity index (χ1) is 9.43. The Balaban J connectivity index is 2.35. The van der Waals surface area contributed by atoms with Crippen LogP contribution >= 0.6 is 0 Å². The van der Waals surface area contributed by atoms with Crippen LogP contribution in [0.3, 0.4) is 0 Å². The lowest BCUT2D eigenvalue weighted by Gasteiger charge is -2.32. The monoisotopic (exact) mass is 272 g/mol. The molecule has 0 heteroatoms. The van der Waals surface area contributed by atoms with E-state index in [9.17, 15) is 0 Å². The van der Waals surface area contributed by atoms with Crippen molar-refractivity contribution < 1.29 is 0 Å². The number of hydrogen-bond acceptors (Lipinski definition) is 0. The Labute approximate surface area is 126 Å². The van der Waals surface area contributed by atoms with Crippen molar-refractivity contribution in [1.29, 1.82) is 0 Å². The fourth-order valence-electron chi connectivity index (χ4n) is 4.17. The van der Waals surface area contributed by atoms with Crippen LogP contribution in [-0.2, 0) is 0 Å². The molecule has 2 aliphatic rings. The lowest BCUT2D eigenvalue weighted by atomic mass is 9.72. The third-order valence-electron chi connectivity index (χ3n) is 5.08. The summed E-state index contributed by atoms with van der Waals surface area (Å²) in [5, 5.41) is 0. The molecular weight excluding hydrogens is 240 g/mol. The molecule has 2 atom stereocenters. The molecule has 0 radical (unpaired) electrons. The molecular formula is C20H32. The molecule has 0 fully saturated rings. The van der Waals surface area contributed by atoms with Gasteiger partial charge in [0.1, 0.15) is 0 Å². The van der Waals surface area contributed by atoms with Gasteiger partial charge in [-0.05, 0) is 49.5 Å². The van der Waals surface area contributed by atoms with Crippen LogP contribution in [0.1, 0.15) is 67.2 Å². The molecule has 0 amide bonds. The van der Waals surface area contributed by atoms with Gasteiger partial charge in [-0.2, -0.15) is 0 Å². The van der Waals surface area contributed by atoms with E-state index in [-0.39, 0.29) is 0 Å². The standard InChI is InChI=1S/C20H32/c1-7-18(14(4)5)20-17(10-13(2)3)12-16-11-15(6)8-9-19(16)20/h11-14,18,20H,7-10H2,1-6H3. The molecule has 0 aliphatic heterocycles. The second-order valence-corrected chi connectivity index (χ2v) is 7.58. The summed E-state index contributed by atoms with van der Waals surface area (Å²) in [7, 11) is 0. The third kappa shape index (κ3) is 3.10. The highest BCUT2D eigenvalue weighted by Gasteiger charge is 2.34. The van der Waals surface area contributed by atoms with Gasteiger partial charge in [-0.1, -0.05) is 69.9 Å². The van der Waals surface area contributed by atoms with Crippen LogP contribution in [-0.4, -0.2) is 0 Å². The van der Waals surface area contributed by atoms with E-state index in [1.165, 1.54) is 25.7 Å². The smallest absolute Gasteiger partial charge is 0.00501 e. The predicted octanol–water partition coefficient (Wildman–Crippen LogP) is 6.31. The topological polar surface area (TPSA) is 0 Å². The molecule has 0 heterocycles.